The fourth-order valence-electron chi connectivity index (χ4n) is 4.94. The van der Waals surface area contributed by atoms with Crippen LogP contribution in [0.4, 0.5) is 5.69 Å². The molecule has 0 radical (unpaired) electrons. The molecule has 5 nitrogen and oxygen atoms in total. The molecule has 1 atom stereocenters. The molecule has 1 aromatic carbocycles. The minimum Gasteiger partial charge on any atom is -0.342 e. The predicted octanol–water partition coefficient (Wildman–Crippen LogP) is 3.02. The molecule has 1 spiro atoms. The summed E-state index contributed by atoms with van der Waals surface area (Å²) in [5, 5.41) is 3.47. The maximum atomic E-state index is 13.0. The van der Waals surface area contributed by atoms with Crippen LogP contribution < -0.4 is 10.2 Å². The van der Waals surface area contributed by atoms with Crippen LogP contribution in [0.2, 0.25) is 0 Å². The molecular formula is C22H32ClN3O2. The van der Waals surface area contributed by atoms with E-state index in [9.17, 15) is 9.59 Å². The molecule has 0 aliphatic carbocycles. The number of hydrogen-bond acceptors (Lipinski definition) is 3. The summed E-state index contributed by atoms with van der Waals surface area (Å²) in [5.41, 5.74) is 2.63. The summed E-state index contributed by atoms with van der Waals surface area (Å²) in [5.74, 6) is 0.0582. The Labute approximate surface area is 174 Å². The lowest BCUT2D eigenvalue weighted by molar-refractivity contribution is -0.137. The van der Waals surface area contributed by atoms with Crippen molar-refractivity contribution in [3.05, 3.63) is 29.8 Å². The molecule has 3 aliphatic rings. The molecule has 1 N–H and O–H groups in total. The molecule has 1 aromatic rings. The lowest BCUT2D eigenvalue weighted by atomic mass is 9.77. The molecule has 3 fully saturated rings. The summed E-state index contributed by atoms with van der Waals surface area (Å²) >= 11 is 0. The summed E-state index contributed by atoms with van der Waals surface area (Å²) < 4.78 is 0. The Morgan fingerprint density at radius 3 is 2.50 bits per heavy atom. The molecule has 3 aliphatic heterocycles. The van der Waals surface area contributed by atoms with E-state index in [0.29, 0.717) is 18.4 Å². The second-order valence-electron chi connectivity index (χ2n) is 8.57. The highest BCUT2D eigenvalue weighted by atomic mass is 35.5. The molecule has 6 heteroatoms. The molecule has 3 saturated heterocycles. The summed E-state index contributed by atoms with van der Waals surface area (Å²) in [7, 11) is 0. The van der Waals surface area contributed by atoms with Crippen LogP contribution >= 0.6 is 12.4 Å². The zero-order valence-corrected chi connectivity index (χ0v) is 17.6. The van der Waals surface area contributed by atoms with E-state index in [4.69, 9.17) is 0 Å². The van der Waals surface area contributed by atoms with Crippen molar-refractivity contribution in [3.63, 3.8) is 0 Å². The smallest absolute Gasteiger partial charge is 0.228 e. The van der Waals surface area contributed by atoms with Gasteiger partial charge >= 0.3 is 0 Å². The number of benzene rings is 1. The number of aryl methyl sites for hydroxylation is 1. The average Bonchev–Trinajstić information content (AvgIpc) is 3.30. The first-order chi connectivity index (χ1) is 13.1. The van der Waals surface area contributed by atoms with Crippen molar-refractivity contribution >= 4 is 29.9 Å². The Balaban J connectivity index is 0.00000225. The van der Waals surface area contributed by atoms with Crippen molar-refractivity contribution in [1.29, 1.82) is 0 Å². The number of carbonyl (C=O) groups excluding carboxylic acids is 2. The van der Waals surface area contributed by atoms with Crippen LogP contribution in [0.25, 0.3) is 0 Å². The first-order valence-corrected chi connectivity index (χ1v) is 10.5. The van der Waals surface area contributed by atoms with Gasteiger partial charge in [0.1, 0.15) is 0 Å². The topological polar surface area (TPSA) is 52.7 Å². The second-order valence-corrected chi connectivity index (χ2v) is 8.57. The van der Waals surface area contributed by atoms with Gasteiger partial charge in [0.15, 0.2) is 0 Å². The molecule has 4 rings (SSSR count). The Kier molecular flexibility index (Phi) is 6.66. The molecule has 3 heterocycles. The van der Waals surface area contributed by atoms with Crippen molar-refractivity contribution in [1.82, 2.24) is 10.2 Å². The highest BCUT2D eigenvalue weighted by Gasteiger charge is 2.41. The quantitative estimate of drug-likeness (QED) is 0.837. The molecule has 0 aromatic heterocycles. The zero-order chi connectivity index (χ0) is 18.9. The average molecular weight is 406 g/mol. The highest BCUT2D eigenvalue weighted by Crippen LogP contribution is 2.37. The van der Waals surface area contributed by atoms with Crippen LogP contribution in [0.3, 0.4) is 0 Å². The number of amides is 2. The SMILES string of the molecule is CCCc1ccc(N2CC(C(=O)N3CCC4(CCNC4)CC3)CC2=O)cc1.Cl. The summed E-state index contributed by atoms with van der Waals surface area (Å²) in [6.45, 7) is 6.58. The van der Waals surface area contributed by atoms with Gasteiger partial charge < -0.3 is 15.1 Å². The Hall–Kier alpha value is -1.59. The van der Waals surface area contributed by atoms with Crippen LogP contribution in [-0.4, -0.2) is 49.4 Å². The van der Waals surface area contributed by atoms with Crippen molar-refractivity contribution in [3.8, 4) is 0 Å². The van der Waals surface area contributed by atoms with Gasteiger partial charge in [-0.3, -0.25) is 9.59 Å². The Morgan fingerprint density at radius 1 is 1.18 bits per heavy atom. The lowest BCUT2D eigenvalue weighted by Crippen LogP contribution is -2.46. The van der Waals surface area contributed by atoms with Gasteiger partial charge in [-0.1, -0.05) is 25.5 Å². The summed E-state index contributed by atoms with van der Waals surface area (Å²) in [6, 6.07) is 8.24. The lowest BCUT2D eigenvalue weighted by Gasteiger charge is -2.39. The van der Waals surface area contributed by atoms with E-state index in [2.05, 4.69) is 24.4 Å². The van der Waals surface area contributed by atoms with Gasteiger partial charge in [-0.25, -0.2) is 0 Å². The van der Waals surface area contributed by atoms with Crippen molar-refractivity contribution in [2.75, 3.05) is 37.6 Å². The number of carbonyl (C=O) groups is 2. The number of hydrogen-bond donors (Lipinski definition) is 1. The third-order valence-corrected chi connectivity index (χ3v) is 6.73. The standard InChI is InChI=1S/C22H31N3O2.ClH/c1-2-3-17-4-6-19(7-5-17)25-15-18(14-20(25)26)21(27)24-12-9-22(10-13-24)8-11-23-16-22;/h4-7,18,23H,2-3,8-16H2,1H3;1H. The maximum absolute atomic E-state index is 13.0. The fraction of sp³-hybridized carbons (Fsp3) is 0.636. The van der Waals surface area contributed by atoms with Crippen molar-refractivity contribution in [2.24, 2.45) is 11.3 Å². The number of anilines is 1. The first-order valence-electron chi connectivity index (χ1n) is 10.5. The second kappa shape index (κ2) is 8.83. The van der Waals surface area contributed by atoms with E-state index >= 15 is 0 Å². The summed E-state index contributed by atoms with van der Waals surface area (Å²) in [4.78, 5) is 29.3. The highest BCUT2D eigenvalue weighted by molar-refractivity contribution is 6.00. The minimum absolute atomic E-state index is 0. The molecule has 2 amide bonds. The summed E-state index contributed by atoms with van der Waals surface area (Å²) in [6.07, 6.45) is 5.94. The molecule has 0 saturated carbocycles. The van der Waals surface area contributed by atoms with Gasteiger partial charge in [0.25, 0.3) is 0 Å². The van der Waals surface area contributed by atoms with Crippen LogP contribution in [0.1, 0.15) is 44.6 Å². The van der Waals surface area contributed by atoms with Gasteiger partial charge in [-0.15, -0.1) is 12.4 Å². The third kappa shape index (κ3) is 4.20. The normalized spacial score (nSPS) is 23.9. The van der Waals surface area contributed by atoms with Crippen molar-refractivity contribution < 1.29 is 9.59 Å². The Bertz CT molecular complexity index is 690. The van der Waals surface area contributed by atoms with Crippen LogP contribution in [0, 0.1) is 11.3 Å². The number of likely N-dealkylation sites (tertiary alicyclic amines) is 1. The van der Waals surface area contributed by atoms with Gasteiger partial charge in [-0.2, -0.15) is 0 Å². The van der Waals surface area contributed by atoms with Crippen molar-refractivity contribution in [2.45, 2.75) is 45.4 Å². The molecular weight excluding hydrogens is 374 g/mol. The van der Waals surface area contributed by atoms with E-state index in [1.54, 1.807) is 4.90 Å². The molecule has 154 valence electrons. The van der Waals surface area contributed by atoms with E-state index < -0.39 is 0 Å². The Morgan fingerprint density at radius 2 is 1.89 bits per heavy atom. The number of nitrogens with zero attached hydrogens (tertiary/aromatic N) is 2. The minimum atomic E-state index is -0.191. The maximum Gasteiger partial charge on any atom is 0.228 e. The number of halogens is 1. The predicted molar refractivity (Wildman–Crippen MR) is 114 cm³/mol. The van der Waals surface area contributed by atoms with E-state index in [0.717, 1.165) is 57.5 Å². The van der Waals surface area contributed by atoms with Gasteiger partial charge in [-0.05, 0) is 55.3 Å². The van der Waals surface area contributed by atoms with E-state index in [1.165, 1.54) is 12.0 Å². The fourth-order valence-corrected chi connectivity index (χ4v) is 4.94. The number of piperidine rings is 1. The first kappa shape index (κ1) is 21.1. The van der Waals surface area contributed by atoms with Gasteiger partial charge in [0.2, 0.25) is 11.8 Å². The molecule has 1 unspecified atom stereocenters. The monoisotopic (exact) mass is 405 g/mol. The third-order valence-electron chi connectivity index (χ3n) is 6.73. The number of rotatable bonds is 4. The van der Waals surface area contributed by atoms with Gasteiger partial charge in [0.05, 0.1) is 5.92 Å². The van der Waals surface area contributed by atoms with E-state index in [-0.39, 0.29) is 30.1 Å². The van der Waals surface area contributed by atoms with Crippen LogP contribution in [0.15, 0.2) is 24.3 Å². The zero-order valence-electron chi connectivity index (χ0n) is 16.8. The molecule has 28 heavy (non-hydrogen) atoms. The van der Waals surface area contributed by atoms with E-state index in [1.807, 2.05) is 17.0 Å². The largest absolute Gasteiger partial charge is 0.342 e. The van der Waals surface area contributed by atoms with Crippen LogP contribution in [-0.2, 0) is 16.0 Å². The van der Waals surface area contributed by atoms with Gasteiger partial charge in [0, 0.05) is 38.3 Å². The van der Waals surface area contributed by atoms with Crippen LogP contribution in [0.5, 0.6) is 0 Å². The number of nitrogens with one attached hydrogen (secondary N) is 1. The molecule has 0 bridgehead atoms.